The minimum Gasteiger partial charge on any atom is -0.289 e. The van der Waals surface area contributed by atoms with E-state index < -0.39 is 0 Å². The van der Waals surface area contributed by atoms with Crippen LogP contribution in [0.15, 0.2) is 79.1 Å². The van der Waals surface area contributed by atoms with Crippen LogP contribution in [0.2, 0.25) is 10.0 Å². The molecule has 0 atom stereocenters. The smallest absolute Gasteiger partial charge is 0.185 e. The zero-order valence-electron chi connectivity index (χ0n) is 14.6. The molecule has 0 bridgehead atoms. The number of halogens is 2. The fraction of sp³-hybridized carbons (Fsp3) is 0. The molecule has 1 heterocycles. The molecule has 0 aliphatic heterocycles. The third-order valence-electron chi connectivity index (χ3n) is 4.29. The molecule has 0 N–H and O–H groups in total. The largest absolute Gasteiger partial charge is 0.289 e. The summed E-state index contributed by atoms with van der Waals surface area (Å²) in [7, 11) is 0. The van der Waals surface area contributed by atoms with Gasteiger partial charge in [0.25, 0.3) is 0 Å². The van der Waals surface area contributed by atoms with E-state index >= 15 is 0 Å². The second-order valence-corrected chi connectivity index (χ2v) is 7.11. The Morgan fingerprint density at radius 3 is 2.14 bits per heavy atom. The van der Waals surface area contributed by atoms with Gasteiger partial charge in [-0.25, -0.2) is 0 Å². The molecular formula is C23H14Cl2N2O. The summed E-state index contributed by atoms with van der Waals surface area (Å²) >= 11 is 12.1. The second-order valence-electron chi connectivity index (χ2n) is 6.24. The van der Waals surface area contributed by atoms with Crippen molar-refractivity contribution in [2.24, 2.45) is 0 Å². The van der Waals surface area contributed by atoms with Crippen LogP contribution in [0.1, 0.15) is 15.9 Å². The highest BCUT2D eigenvalue weighted by atomic mass is 35.5. The fourth-order valence-electron chi connectivity index (χ4n) is 2.90. The van der Waals surface area contributed by atoms with Crippen molar-refractivity contribution in [3.8, 4) is 11.1 Å². The van der Waals surface area contributed by atoms with Gasteiger partial charge in [0.05, 0.1) is 11.0 Å². The van der Waals surface area contributed by atoms with E-state index in [1.807, 2.05) is 42.5 Å². The Bertz CT molecular complexity index is 1180. The summed E-state index contributed by atoms with van der Waals surface area (Å²) in [6.45, 7) is 0. The first-order valence-corrected chi connectivity index (χ1v) is 9.34. The number of ketones is 1. The summed E-state index contributed by atoms with van der Waals surface area (Å²) in [5, 5.41) is 1.15. The molecule has 0 fully saturated rings. The fourth-order valence-corrected chi connectivity index (χ4v) is 3.43. The molecule has 5 heteroatoms. The molecule has 0 aliphatic carbocycles. The molecule has 28 heavy (non-hydrogen) atoms. The summed E-state index contributed by atoms with van der Waals surface area (Å²) < 4.78 is 0. The van der Waals surface area contributed by atoms with E-state index in [1.54, 1.807) is 42.7 Å². The van der Waals surface area contributed by atoms with E-state index in [0.717, 1.165) is 27.7 Å². The Hall–Kier alpha value is -3.01. The van der Waals surface area contributed by atoms with Crippen LogP contribution in [-0.2, 0) is 0 Å². The predicted octanol–water partition coefficient (Wildman–Crippen LogP) is 6.50. The first-order valence-electron chi connectivity index (χ1n) is 8.58. The van der Waals surface area contributed by atoms with Crippen molar-refractivity contribution in [1.29, 1.82) is 0 Å². The standard InChI is InChI=1S/C23H14Cl2N2O/c24-19-12-18(13-20(25)14-19)16-3-5-17(6-4-16)23(28)8-2-15-1-7-21-22(11-15)27-10-9-26-21/h1-14H. The van der Waals surface area contributed by atoms with Gasteiger partial charge in [-0.2, -0.15) is 0 Å². The van der Waals surface area contributed by atoms with Gasteiger partial charge in [0.15, 0.2) is 5.78 Å². The number of carbonyl (C=O) groups excluding carboxylic acids is 1. The zero-order valence-corrected chi connectivity index (χ0v) is 16.2. The topological polar surface area (TPSA) is 42.9 Å². The lowest BCUT2D eigenvalue weighted by molar-refractivity contribution is 0.104. The maximum absolute atomic E-state index is 12.5. The highest BCUT2D eigenvalue weighted by Crippen LogP contribution is 2.27. The van der Waals surface area contributed by atoms with Gasteiger partial charge in [-0.1, -0.05) is 59.6 Å². The van der Waals surface area contributed by atoms with E-state index in [-0.39, 0.29) is 5.78 Å². The molecular weight excluding hydrogens is 391 g/mol. The van der Waals surface area contributed by atoms with Gasteiger partial charge in [0.2, 0.25) is 0 Å². The van der Waals surface area contributed by atoms with Gasteiger partial charge in [-0.05, 0) is 53.1 Å². The van der Waals surface area contributed by atoms with Crippen molar-refractivity contribution in [3.05, 3.63) is 100 Å². The number of hydrogen-bond donors (Lipinski definition) is 0. The van der Waals surface area contributed by atoms with Crippen LogP contribution >= 0.6 is 23.2 Å². The molecule has 0 unspecified atom stereocenters. The molecule has 0 spiro atoms. The molecule has 3 aromatic carbocycles. The quantitative estimate of drug-likeness (QED) is 0.288. The minimum absolute atomic E-state index is 0.0741. The Labute approximate surface area is 172 Å². The molecule has 4 aromatic rings. The first kappa shape index (κ1) is 18.4. The predicted molar refractivity (Wildman–Crippen MR) is 115 cm³/mol. The zero-order chi connectivity index (χ0) is 19.5. The van der Waals surface area contributed by atoms with Crippen LogP contribution in [0.3, 0.4) is 0 Å². The van der Waals surface area contributed by atoms with Crippen molar-refractivity contribution in [3.63, 3.8) is 0 Å². The lowest BCUT2D eigenvalue weighted by atomic mass is 10.0. The van der Waals surface area contributed by atoms with Gasteiger partial charge < -0.3 is 0 Å². The van der Waals surface area contributed by atoms with Gasteiger partial charge >= 0.3 is 0 Å². The average Bonchev–Trinajstić information content (AvgIpc) is 2.71. The third-order valence-corrected chi connectivity index (χ3v) is 4.72. The molecule has 0 saturated carbocycles. The number of aromatic nitrogens is 2. The first-order chi connectivity index (χ1) is 13.6. The van der Waals surface area contributed by atoms with Crippen LogP contribution in [-0.4, -0.2) is 15.8 Å². The number of hydrogen-bond acceptors (Lipinski definition) is 3. The minimum atomic E-state index is -0.0741. The highest BCUT2D eigenvalue weighted by molar-refractivity contribution is 6.35. The van der Waals surface area contributed by atoms with Crippen molar-refractivity contribution in [2.75, 3.05) is 0 Å². The van der Waals surface area contributed by atoms with Gasteiger partial charge in [-0.15, -0.1) is 0 Å². The number of allylic oxidation sites excluding steroid dienone is 1. The highest BCUT2D eigenvalue weighted by Gasteiger charge is 2.05. The normalized spacial score (nSPS) is 11.2. The average molecular weight is 405 g/mol. The Balaban J connectivity index is 1.53. The maximum Gasteiger partial charge on any atom is 0.185 e. The molecule has 0 amide bonds. The monoisotopic (exact) mass is 404 g/mol. The lowest BCUT2D eigenvalue weighted by Crippen LogP contribution is -1.94. The molecule has 1 aromatic heterocycles. The second kappa shape index (κ2) is 7.93. The molecule has 4 rings (SSSR count). The summed E-state index contributed by atoms with van der Waals surface area (Å²) in [5.74, 6) is -0.0741. The molecule has 0 aliphatic rings. The molecule has 3 nitrogen and oxygen atoms in total. The van der Waals surface area contributed by atoms with Gasteiger partial charge in [0, 0.05) is 28.0 Å². The van der Waals surface area contributed by atoms with E-state index in [2.05, 4.69) is 9.97 Å². The third kappa shape index (κ3) is 4.11. The molecule has 0 radical (unpaired) electrons. The van der Waals surface area contributed by atoms with E-state index in [0.29, 0.717) is 15.6 Å². The molecule has 0 saturated heterocycles. The summed E-state index contributed by atoms with van der Waals surface area (Å²) in [6.07, 6.45) is 6.64. The number of rotatable bonds is 4. The maximum atomic E-state index is 12.5. The van der Waals surface area contributed by atoms with Crippen molar-refractivity contribution in [2.45, 2.75) is 0 Å². The van der Waals surface area contributed by atoms with Gasteiger partial charge in [0.1, 0.15) is 0 Å². The number of fused-ring (bicyclic) bond motifs is 1. The van der Waals surface area contributed by atoms with Crippen LogP contribution < -0.4 is 0 Å². The van der Waals surface area contributed by atoms with Crippen LogP contribution in [0.4, 0.5) is 0 Å². The Kier molecular flexibility index (Phi) is 5.20. The number of benzene rings is 3. The van der Waals surface area contributed by atoms with Crippen molar-refractivity contribution < 1.29 is 4.79 Å². The van der Waals surface area contributed by atoms with Crippen molar-refractivity contribution >= 4 is 46.1 Å². The molecule has 136 valence electrons. The van der Waals surface area contributed by atoms with E-state index in [1.165, 1.54) is 0 Å². The lowest BCUT2D eigenvalue weighted by Gasteiger charge is -2.05. The van der Waals surface area contributed by atoms with Crippen LogP contribution in [0.5, 0.6) is 0 Å². The summed E-state index contributed by atoms with van der Waals surface area (Å²) in [5.41, 5.74) is 4.96. The summed E-state index contributed by atoms with van der Waals surface area (Å²) in [4.78, 5) is 21.0. The van der Waals surface area contributed by atoms with Gasteiger partial charge in [-0.3, -0.25) is 14.8 Å². The Morgan fingerprint density at radius 2 is 1.43 bits per heavy atom. The van der Waals surface area contributed by atoms with Crippen LogP contribution in [0.25, 0.3) is 28.2 Å². The Morgan fingerprint density at radius 1 is 0.750 bits per heavy atom. The van der Waals surface area contributed by atoms with Crippen molar-refractivity contribution in [1.82, 2.24) is 9.97 Å². The number of carbonyl (C=O) groups is 1. The number of nitrogens with zero attached hydrogens (tertiary/aromatic N) is 2. The van der Waals surface area contributed by atoms with E-state index in [9.17, 15) is 4.79 Å². The van der Waals surface area contributed by atoms with Crippen LogP contribution in [0, 0.1) is 0 Å². The van der Waals surface area contributed by atoms with E-state index in [4.69, 9.17) is 23.2 Å². The summed E-state index contributed by atoms with van der Waals surface area (Å²) in [6, 6.07) is 18.4. The SMILES string of the molecule is O=C(C=Cc1ccc2nccnc2c1)c1ccc(-c2cc(Cl)cc(Cl)c2)cc1.